The van der Waals surface area contributed by atoms with Crippen molar-refractivity contribution in [2.75, 3.05) is 6.61 Å². The van der Waals surface area contributed by atoms with E-state index in [9.17, 15) is 4.79 Å². The zero-order valence-electron chi connectivity index (χ0n) is 10.7. The number of carbonyl (C=O) groups excluding carboxylic acids is 1. The van der Waals surface area contributed by atoms with Gasteiger partial charge in [0.2, 0.25) is 5.78 Å². The van der Waals surface area contributed by atoms with E-state index in [1.54, 1.807) is 0 Å². The lowest BCUT2D eigenvalue weighted by Gasteiger charge is -2.19. The Morgan fingerprint density at radius 3 is 2.89 bits per heavy atom. The SMILES string of the molecule is Cc1cccc2cc(C(=O)C3(C)CCCO3)oc12. The van der Waals surface area contributed by atoms with Crippen LogP contribution in [-0.2, 0) is 4.74 Å². The van der Waals surface area contributed by atoms with Gasteiger partial charge < -0.3 is 9.15 Å². The van der Waals surface area contributed by atoms with Gasteiger partial charge in [-0.1, -0.05) is 18.2 Å². The van der Waals surface area contributed by atoms with Gasteiger partial charge >= 0.3 is 0 Å². The molecule has 0 radical (unpaired) electrons. The summed E-state index contributed by atoms with van der Waals surface area (Å²) in [6.07, 6.45) is 1.70. The molecule has 18 heavy (non-hydrogen) atoms. The van der Waals surface area contributed by atoms with Gasteiger partial charge in [0.1, 0.15) is 11.2 Å². The fourth-order valence-electron chi connectivity index (χ4n) is 2.54. The molecule has 0 saturated carbocycles. The monoisotopic (exact) mass is 244 g/mol. The Morgan fingerprint density at radius 1 is 1.39 bits per heavy atom. The summed E-state index contributed by atoms with van der Waals surface area (Å²) in [5.41, 5.74) is 1.13. The number of ether oxygens (including phenoxy) is 1. The highest BCUT2D eigenvalue weighted by molar-refractivity contribution is 6.03. The number of Topliss-reactive ketones (excluding diaryl/α,β-unsaturated/α-hetero) is 1. The Balaban J connectivity index is 2.04. The van der Waals surface area contributed by atoms with Crippen LogP contribution in [0.4, 0.5) is 0 Å². The van der Waals surface area contributed by atoms with Crippen LogP contribution in [0.3, 0.4) is 0 Å². The van der Waals surface area contributed by atoms with Gasteiger partial charge in [0.05, 0.1) is 0 Å². The maximum atomic E-state index is 12.4. The molecule has 94 valence electrons. The third kappa shape index (κ3) is 1.66. The minimum absolute atomic E-state index is 0.0457. The number of rotatable bonds is 2. The van der Waals surface area contributed by atoms with Crippen LogP contribution in [-0.4, -0.2) is 18.0 Å². The molecule has 1 aromatic carbocycles. The van der Waals surface area contributed by atoms with E-state index >= 15 is 0 Å². The van der Waals surface area contributed by atoms with Crippen LogP contribution >= 0.6 is 0 Å². The van der Waals surface area contributed by atoms with Gasteiger partial charge in [-0.3, -0.25) is 4.79 Å². The number of para-hydroxylation sites is 1. The maximum Gasteiger partial charge on any atom is 0.229 e. The summed E-state index contributed by atoms with van der Waals surface area (Å²) in [5.74, 6) is 0.360. The van der Waals surface area contributed by atoms with Crippen LogP contribution < -0.4 is 0 Å². The third-order valence-electron chi connectivity index (χ3n) is 3.66. The highest BCUT2D eigenvalue weighted by Gasteiger charge is 2.39. The van der Waals surface area contributed by atoms with Crippen LogP contribution in [0.5, 0.6) is 0 Å². The molecule has 1 saturated heterocycles. The first-order valence-electron chi connectivity index (χ1n) is 6.28. The molecule has 1 aliphatic heterocycles. The molecule has 3 nitrogen and oxygen atoms in total. The van der Waals surface area contributed by atoms with E-state index in [0.717, 1.165) is 29.4 Å². The predicted molar refractivity (Wildman–Crippen MR) is 68.9 cm³/mol. The highest BCUT2D eigenvalue weighted by Crippen LogP contribution is 2.31. The van der Waals surface area contributed by atoms with Crippen LogP contribution in [0.2, 0.25) is 0 Å². The lowest BCUT2D eigenvalue weighted by atomic mass is 9.95. The van der Waals surface area contributed by atoms with Gasteiger partial charge in [-0.2, -0.15) is 0 Å². The number of carbonyl (C=O) groups is 1. The van der Waals surface area contributed by atoms with Crippen molar-refractivity contribution in [3.8, 4) is 0 Å². The van der Waals surface area contributed by atoms with Gasteiger partial charge in [0.25, 0.3) is 0 Å². The van der Waals surface area contributed by atoms with Gasteiger partial charge in [-0.25, -0.2) is 0 Å². The quantitative estimate of drug-likeness (QED) is 0.759. The summed E-state index contributed by atoms with van der Waals surface area (Å²) >= 11 is 0. The van der Waals surface area contributed by atoms with Gasteiger partial charge in [-0.05, 0) is 38.3 Å². The summed E-state index contributed by atoms with van der Waals surface area (Å²) in [6.45, 7) is 4.48. The molecular weight excluding hydrogens is 228 g/mol. The fraction of sp³-hybridized carbons (Fsp3) is 0.400. The molecule has 0 spiro atoms. The molecule has 2 aromatic rings. The highest BCUT2D eigenvalue weighted by atomic mass is 16.5. The second-order valence-corrected chi connectivity index (χ2v) is 5.12. The average Bonchev–Trinajstić information content (AvgIpc) is 2.96. The van der Waals surface area contributed by atoms with Gasteiger partial charge in [0, 0.05) is 12.0 Å². The molecular formula is C15H16O3. The molecule has 1 atom stereocenters. The average molecular weight is 244 g/mol. The fourth-order valence-corrected chi connectivity index (χ4v) is 2.54. The van der Waals surface area contributed by atoms with Crippen molar-refractivity contribution in [2.45, 2.75) is 32.3 Å². The van der Waals surface area contributed by atoms with Crippen LogP contribution in [0.15, 0.2) is 28.7 Å². The Morgan fingerprint density at radius 2 is 2.22 bits per heavy atom. The number of aryl methyl sites for hydroxylation is 1. The zero-order valence-corrected chi connectivity index (χ0v) is 10.7. The summed E-state index contributed by atoms with van der Waals surface area (Å²) in [6, 6.07) is 7.72. The van der Waals surface area contributed by atoms with Crippen LogP contribution in [0.25, 0.3) is 11.0 Å². The van der Waals surface area contributed by atoms with Crippen molar-refractivity contribution in [3.63, 3.8) is 0 Å². The molecule has 3 heteroatoms. The van der Waals surface area contributed by atoms with Crippen molar-refractivity contribution in [2.24, 2.45) is 0 Å². The number of furan rings is 1. The smallest absolute Gasteiger partial charge is 0.229 e. The van der Waals surface area contributed by atoms with Crippen molar-refractivity contribution in [3.05, 3.63) is 35.6 Å². The lowest BCUT2D eigenvalue weighted by molar-refractivity contribution is 0.0192. The summed E-state index contributed by atoms with van der Waals surface area (Å²) < 4.78 is 11.3. The molecule has 0 aliphatic carbocycles. The van der Waals surface area contributed by atoms with Crippen molar-refractivity contribution >= 4 is 16.8 Å². The number of ketones is 1. The van der Waals surface area contributed by atoms with Crippen molar-refractivity contribution in [1.29, 1.82) is 0 Å². The molecule has 0 amide bonds. The number of benzene rings is 1. The van der Waals surface area contributed by atoms with E-state index in [-0.39, 0.29) is 5.78 Å². The predicted octanol–water partition coefficient (Wildman–Crippen LogP) is 3.49. The van der Waals surface area contributed by atoms with Gasteiger partial charge in [-0.15, -0.1) is 0 Å². The Hall–Kier alpha value is -1.61. The maximum absolute atomic E-state index is 12.4. The molecule has 1 aliphatic rings. The Bertz CT molecular complexity index is 603. The van der Waals surface area contributed by atoms with E-state index in [0.29, 0.717) is 12.4 Å². The first kappa shape index (κ1) is 11.5. The van der Waals surface area contributed by atoms with Gasteiger partial charge in [0.15, 0.2) is 5.76 Å². The second-order valence-electron chi connectivity index (χ2n) is 5.12. The standard InChI is InChI=1S/C15H16O3/c1-10-5-3-6-11-9-12(18-13(10)11)14(16)15(2)7-4-8-17-15/h3,5-6,9H,4,7-8H2,1-2H3. The first-order valence-corrected chi connectivity index (χ1v) is 6.28. The van der Waals surface area contributed by atoms with E-state index in [4.69, 9.17) is 9.15 Å². The van der Waals surface area contributed by atoms with Crippen LogP contribution in [0.1, 0.15) is 35.9 Å². The van der Waals surface area contributed by atoms with E-state index in [1.807, 2.05) is 38.1 Å². The molecule has 1 aromatic heterocycles. The molecule has 2 heterocycles. The third-order valence-corrected chi connectivity index (χ3v) is 3.66. The first-order chi connectivity index (χ1) is 8.60. The van der Waals surface area contributed by atoms with E-state index in [1.165, 1.54) is 0 Å². The molecule has 0 N–H and O–H groups in total. The van der Waals surface area contributed by atoms with E-state index < -0.39 is 5.60 Å². The number of hydrogen-bond acceptors (Lipinski definition) is 3. The zero-order chi connectivity index (χ0) is 12.8. The number of fused-ring (bicyclic) bond motifs is 1. The molecule has 1 fully saturated rings. The Labute approximate surface area is 106 Å². The minimum atomic E-state index is -0.707. The lowest BCUT2D eigenvalue weighted by Crippen LogP contribution is -2.33. The molecule has 0 bridgehead atoms. The second kappa shape index (κ2) is 3.95. The summed E-state index contributed by atoms with van der Waals surface area (Å²) in [4.78, 5) is 12.4. The topological polar surface area (TPSA) is 39.4 Å². The Kier molecular flexibility index (Phi) is 2.52. The van der Waals surface area contributed by atoms with Crippen LogP contribution in [0, 0.1) is 6.92 Å². The molecule has 3 rings (SSSR count). The number of hydrogen-bond donors (Lipinski definition) is 0. The van der Waals surface area contributed by atoms with E-state index in [2.05, 4.69) is 0 Å². The summed E-state index contributed by atoms with van der Waals surface area (Å²) in [5, 5.41) is 0.972. The largest absolute Gasteiger partial charge is 0.453 e. The molecule has 1 unspecified atom stereocenters. The van der Waals surface area contributed by atoms with Crippen molar-refractivity contribution < 1.29 is 13.9 Å². The normalized spacial score (nSPS) is 23.7. The summed E-state index contributed by atoms with van der Waals surface area (Å²) in [7, 11) is 0. The minimum Gasteiger partial charge on any atom is -0.453 e. The van der Waals surface area contributed by atoms with Crippen molar-refractivity contribution in [1.82, 2.24) is 0 Å².